The number of carbonyl (C=O) groups excluding carboxylic acids is 1. The molecule has 0 aliphatic rings. The number of benzene rings is 1. The molecule has 0 heterocycles. The first-order chi connectivity index (χ1) is 6.24. The molecule has 0 atom stereocenters. The number of ether oxygens (including phenoxy) is 1. The van der Waals surface area contributed by atoms with E-state index in [0.717, 1.165) is 11.3 Å². The quantitative estimate of drug-likeness (QED) is 0.707. The highest BCUT2D eigenvalue weighted by molar-refractivity contribution is 5.79. The van der Waals surface area contributed by atoms with Crippen LogP contribution in [0.4, 0.5) is 0 Å². The van der Waals surface area contributed by atoms with Crippen molar-refractivity contribution in [2.24, 2.45) is 0 Å². The van der Waals surface area contributed by atoms with E-state index in [0.29, 0.717) is 6.42 Å². The number of aryl methyl sites for hydroxylation is 1. The van der Waals surface area contributed by atoms with Crippen LogP contribution < -0.4 is 4.74 Å². The predicted molar refractivity (Wildman–Crippen MR) is 52.0 cm³/mol. The Bertz CT molecular complexity index is 292. The Labute approximate surface area is 78.5 Å². The van der Waals surface area contributed by atoms with Crippen LogP contribution in [0.15, 0.2) is 24.3 Å². The molecule has 0 saturated carbocycles. The molecule has 2 nitrogen and oxygen atoms in total. The second-order valence-corrected chi connectivity index (χ2v) is 2.95. The van der Waals surface area contributed by atoms with Gasteiger partial charge in [-0.1, -0.05) is 25.1 Å². The number of carbonyl (C=O) groups is 1. The molecule has 0 fully saturated rings. The minimum absolute atomic E-state index is 0.128. The van der Waals surface area contributed by atoms with Gasteiger partial charge in [-0.15, -0.1) is 0 Å². The van der Waals surface area contributed by atoms with Gasteiger partial charge >= 0.3 is 0 Å². The molecule has 0 aliphatic heterocycles. The maximum atomic E-state index is 11.0. The zero-order chi connectivity index (χ0) is 9.68. The summed E-state index contributed by atoms with van der Waals surface area (Å²) >= 11 is 0. The van der Waals surface area contributed by atoms with Gasteiger partial charge in [0.05, 0.1) is 0 Å². The highest BCUT2D eigenvalue weighted by Crippen LogP contribution is 2.15. The summed E-state index contributed by atoms with van der Waals surface area (Å²) in [6.45, 7) is 3.98. The third kappa shape index (κ3) is 2.90. The van der Waals surface area contributed by atoms with Crippen molar-refractivity contribution >= 4 is 5.78 Å². The van der Waals surface area contributed by atoms with Crippen molar-refractivity contribution in [1.82, 2.24) is 0 Å². The standard InChI is InChI=1S/C11H14O2/c1-3-10(12)8-13-11-7-5-4-6-9(11)2/h4-7H,3,8H2,1-2H3. The van der Waals surface area contributed by atoms with Crippen LogP contribution in [0.25, 0.3) is 0 Å². The van der Waals surface area contributed by atoms with Gasteiger partial charge in [0.1, 0.15) is 12.4 Å². The van der Waals surface area contributed by atoms with Crippen LogP contribution in [0, 0.1) is 6.92 Å². The molecule has 1 aromatic carbocycles. The molecule has 1 rings (SSSR count). The summed E-state index contributed by atoms with van der Waals surface area (Å²) in [6, 6.07) is 7.69. The molecule has 0 radical (unpaired) electrons. The molecule has 0 amide bonds. The van der Waals surface area contributed by atoms with Gasteiger partial charge in [0, 0.05) is 6.42 Å². The molecule has 0 bridgehead atoms. The SMILES string of the molecule is CCC(=O)COc1ccccc1C. The number of ketones is 1. The molecule has 0 unspecified atom stereocenters. The minimum atomic E-state index is 0.128. The van der Waals surface area contributed by atoms with Gasteiger partial charge in [0.2, 0.25) is 0 Å². The molecule has 0 aromatic heterocycles. The molecular formula is C11H14O2. The van der Waals surface area contributed by atoms with Crippen molar-refractivity contribution in [3.05, 3.63) is 29.8 Å². The van der Waals surface area contributed by atoms with Crippen molar-refractivity contribution in [3.63, 3.8) is 0 Å². The normalized spacial score (nSPS) is 9.69. The van der Waals surface area contributed by atoms with E-state index in [-0.39, 0.29) is 12.4 Å². The largest absolute Gasteiger partial charge is 0.486 e. The minimum Gasteiger partial charge on any atom is -0.486 e. The Kier molecular flexibility index (Phi) is 3.50. The van der Waals surface area contributed by atoms with E-state index in [2.05, 4.69) is 0 Å². The fourth-order valence-electron chi connectivity index (χ4n) is 0.979. The topological polar surface area (TPSA) is 26.3 Å². The van der Waals surface area contributed by atoms with Gasteiger partial charge in [-0.25, -0.2) is 0 Å². The third-order valence-corrected chi connectivity index (χ3v) is 1.88. The Morgan fingerprint density at radius 3 is 2.69 bits per heavy atom. The van der Waals surface area contributed by atoms with Crippen molar-refractivity contribution in [1.29, 1.82) is 0 Å². The molecule has 70 valence electrons. The van der Waals surface area contributed by atoms with Crippen LogP contribution in [0.3, 0.4) is 0 Å². The summed E-state index contributed by atoms with van der Waals surface area (Å²) < 4.78 is 5.34. The lowest BCUT2D eigenvalue weighted by molar-refractivity contribution is -0.120. The fraction of sp³-hybridized carbons (Fsp3) is 0.364. The predicted octanol–water partition coefficient (Wildman–Crippen LogP) is 2.35. The lowest BCUT2D eigenvalue weighted by Gasteiger charge is -2.06. The maximum absolute atomic E-state index is 11.0. The maximum Gasteiger partial charge on any atom is 0.169 e. The van der Waals surface area contributed by atoms with E-state index in [1.54, 1.807) is 0 Å². The second kappa shape index (κ2) is 4.65. The molecule has 1 aromatic rings. The Balaban J connectivity index is 2.54. The van der Waals surface area contributed by atoms with Crippen molar-refractivity contribution in [2.45, 2.75) is 20.3 Å². The van der Waals surface area contributed by atoms with E-state index in [1.165, 1.54) is 0 Å². The average molecular weight is 178 g/mol. The first kappa shape index (κ1) is 9.78. The Morgan fingerprint density at radius 2 is 2.08 bits per heavy atom. The Hall–Kier alpha value is -1.31. The monoisotopic (exact) mass is 178 g/mol. The fourth-order valence-corrected chi connectivity index (χ4v) is 0.979. The first-order valence-corrected chi connectivity index (χ1v) is 4.44. The van der Waals surface area contributed by atoms with Gasteiger partial charge in [-0.05, 0) is 18.6 Å². The molecule has 0 saturated heterocycles. The Morgan fingerprint density at radius 1 is 1.38 bits per heavy atom. The lowest BCUT2D eigenvalue weighted by atomic mass is 10.2. The van der Waals surface area contributed by atoms with Crippen molar-refractivity contribution in [2.75, 3.05) is 6.61 Å². The second-order valence-electron chi connectivity index (χ2n) is 2.95. The molecule has 0 N–H and O–H groups in total. The van der Waals surface area contributed by atoms with Gasteiger partial charge in [0.25, 0.3) is 0 Å². The van der Waals surface area contributed by atoms with Crippen molar-refractivity contribution in [3.8, 4) is 5.75 Å². The zero-order valence-electron chi connectivity index (χ0n) is 8.04. The van der Waals surface area contributed by atoms with Crippen LogP contribution >= 0.6 is 0 Å². The number of Topliss-reactive ketones (excluding diaryl/α,β-unsaturated/α-hetero) is 1. The van der Waals surface area contributed by atoms with E-state index < -0.39 is 0 Å². The smallest absolute Gasteiger partial charge is 0.169 e. The van der Waals surface area contributed by atoms with Gasteiger partial charge in [-0.3, -0.25) is 4.79 Å². The zero-order valence-corrected chi connectivity index (χ0v) is 8.04. The number of para-hydroxylation sites is 1. The first-order valence-electron chi connectivity index (χ1n) is 4.44. The lowest BCUT2D eigenvalue weighted by Crippen LogP contribution is -2.09. The summed E-state index contributed by atoms with van der Waals surface area (Å²) in [5, 5.41) is 0. The molecule has 2 heteroatoms. The number of hydrogen-bond donors (Lipinski definition) is 0. The van der Waals surface area contributed by atoms with E-state index in [1.807, 2.05) is 38.1 Å². The van der Waals surface area contributed by atoms with E-state index in [9.17, 15) is 4.79 Å². The van der Waals surface area contributed by atoms with Gasteiger partial charge in [-0.2, -0.15) is 0 Å². The molecule has 0 spiro atoms. The summed E-state index contributed by atoms with van der Waals surface area (Å²) in [5.41, 5.74) is 1.06. The van der Waals surface area contributed by atoms with Crippen molar-refractivity contribution < 1.29 is 9.53 Å². The van der Waals surface area contributed by atoms with Gasteiger partial charge < -0.3 is 4.74 Å². The molecule has 0 aliphatic carbocycles. The summed E-state index contributed by atoms with van der Waals surface area (Å²) in [4.78, 5) is 11.0. The van der Waals surface area contributed by atoms with Gasteiger partial charge in [0.15, 0.2) is 5.78 Å². The van der Waals surface area contributed by atoms with Crippen LogP contribution in [0.5, 0.6) is 5.75 Å². The average Bonchev–Trinajstić information content (AvgIpc) is 2.16. The van der Waals surface area contributed by atoms with E-state index >= 15 is 0 Å². The highest BCUT2D eigenvalue weighted by atomic mass is 16.5. The molecular weight excluding hydrogens is 164 g/mol. The number of rotatable bonds is 4. The number of hydrogen-bond acceptors (Lipinski definition) is 2. The summed E-state index contributed by atoms with van der Waals surface area (Å²) in [5.74, 6) is 0.924. The highest BCUT2D eigenvalue weighted by Gasteiger charge is 2.01. The van der Waals surface area contributed by atoms with Crippen LogP contribution in [0.1, 0.15) is 18.9 Å². The van der Waals surface area contributed by atoms with Crippen LogP contribution in [-0.2, 0) is 4.79 Å². The van der Waals surface area contributed by atoms with Crippen LogP contribution in [0.2, 0.25) is 0 Å². The third-order valence-electron chi connectivity index (χ3n) is 1.88. The molecule has 13 heavy (non-hydrogen) atoms. The van der Waals surface area contributed by atoms with Crippen LogP contribution in [-0.4, -0.2) is 12.4 Å². The summed E-state index contributed by atoms with van der Waals surface area (Å²) in [7, 11) is 0. The van der Waals surface area contributed by atoms with E-state index in [4.69, 9.17) is 4.74 Å². The summed E-state index contributed by atoms with van der Waals surface area (Å²) in [6.07, 6.45) is 0.534.